The largest absolute Gasteiger partial charge is 0.339 e. The van der Waals surface area contributed by atoms with Crippen LogP contribution in [0.3, 0.4) is 0 Å². The Morgan fingerprint density at radius 3 is 2.48 bits per heavy atom. The van der Waals surface area contributed by atoms with Gasteiger partial charge in [0.15, 0.2) is 0 Å². The zero-order valence-corrected chi connectivity index (χ0v) is 13.9. The minimum absolute atomic E-state index is 0.0211. The molecular formula is C15H20ClNO3S. The lowest BCUT2D eigenvalue weighted by Crippen LogP contribution is -2.37. The molecule has 6 heteroatoms. The van der Waals surface area contributed by atoms with Gasteiger partial charge in [0.25, 0.3) is 15.0 Å². The van der Waals surface area contributed by atoms with Crippen molar-refractivity contribution in [1.29, 1.82) is 0 Å². The Labute approximate surface area is 130 Å². The number of hydrogen-bond donors (Lipinski definition) is 0. The van der Waals surface area contributed by atoms with E-state index in [2.05, 4.69) is 0 Å². The zero-order valence-electron chi connectivity index (χ0n) is 12.3. The molecule has 0 bridgehead atoms. The molecule has 0 aromatic heterocycles. The number of rotatable bonds is 5. The van der Waals surface area contributed by atoms with Crippen LogP contribution in [-0.2, 0) is 9.05 Å². The molecule has 1 amide bonds. The summed E-state index contributed by atoms with van der Waals surface area (Å²) < 4.78 is 22.9. The molecule has 0 aliphatic heterocycles. The Balaban J connectivity index is 2.26. The van der Waals surface area contributed by atoms with Crippen molar-refractivity contribution in [2.75, 3.05) is 13.1 Å². The predicted molar refractivity (Wildman–Crippen MR) is 83.1 cm³/mol. The normalized spacial score (nSPS) is 15.6. The van der Waals surface area contributed by atoms with Crippen molar-refractivity contribution < 1.29 is 13.2 Å². The average Bonchev–Trinajstić information content (AvgIpc) is 2.35. The summed E-state index contributed by atoms with van der Waals surface area (Å²) in [7, 11) is 1.56. The van der Waals surface area contributed by atoms with E-state index < -0.39 is 9.05 Å². The summed E-state index contributed by atoms with van der Waals surface area (Å²) in [5, 5.41) is 0. The molecule has 1 aromatic rings. The fourth-order valence-corrected chi connectivity index (χ4v) is 3.40. The Hall–Kier alpha value is -1.07. The van der Waals surface area contributed by atoms with Gasteiger partial charge in [-0.1, -0.05) is 6.42 Å². The number of nitrogens with zero attached hydrogens (tertiary/aromatic N) is 1. The van der Waals surface area contributed by atoms with Gasteiger partial charge in [0.2, 0.25) is 0 Å². The minimum atomic E-state index is -3.83. The van der Waals surface area contributed by atoms with E-state index in [1.165, 1.54) is 31.4 Å². The number of hydrogen-bond acceptors (Lipinski definition) is 3. The summed E-state index contributed by atoms with van der Waals surface area (Å²) in [5.74, 6) is 0.449. The summed E-state index contributed by atoms with van der Waals surface area (Å²) in [6.07, 6.45) is 3.56. The lowest BCUT2D eigenvalue weighted by Gasteiger charge is -2.32. The molecule has 116 valence electrons. The first-order valence-electron chi connectivity index (χ1n) is 7.17. The molecule has 0 spiro atoms. The Kier molecular flexibility index (Phi) is 4.94. The average molecular weight is 330 g/mol. The molecule has 0 unspecified atom stereocenters. The van der Waals surface area contributed by atoms with Gasteiger partial charge in [0, 0.05) is 29.3 Å². The molecule has 1 fully saturated rings. The first-order valence-corrected chi connectivity index (χ1v) is 9.48. The van der Waals surface area contributed by atoms with Crippen molar-refractivity contribution in [3.8, 4) is 0 Å². The molecule has 0 heterocycles. The first kappa shape index (κ1) is 16.3. The van der Waals surface area contributed by atoms with Crippen LogP contribution < -0.4 is 0 Å². The second-order valence-electron chi connectivity index (χ2n) is 5.61. The molecule has 0 radical (unpaired) electrons. The van der Waals surface area contributed by atoms with E-state index >= 15 is 0 Å². The standard InChI is InChI=1S/C15H20ClNO3S/c1-3-17(10-12-5-4-6-12)15(18)13-7-11(2)8-14(9-13)21(16,19)20/h7-9,12H,3-6,10H2,1-2H3. The maximum Gasteiger partial charge on any atom is 0.261 e. The highest BCUT2D eigenvalue weighted by molar-refractivity contribution is 8.13. The summed E-state index contributed by atoms with van der Waals surface area (Å²) in [6.45, 7) is 5.05. The molecular weight excluding hydrogens is 310 g/mol. The summed E-state index contributed by atoms with van der Waals surface area (Å²) in [4.78, 5) is 14.3. The van der Waals surface area contributed by atoms with E-state index in [-0.39, 0.29) is 10.8 Å². The summed E-state index contributed by atoms with van der Waals surface area (Å²) >= 11 is 0. The number of halogens is 1. The van der Waals surface area contributed by atoms with Crippen LogP contribution in [0.1, 0.15) is 42.1 Å². The quantitative estimate of drug-likeness (QED) is 0.779. The van der Waals surface area contributed by atoms with Crippen LogP contribution in [0, 0.1) is 12.8 Å². The number of benzene rings is 1. The molecule has 2 rings (SSSR count). The molecule has 1 aliphatic carbocycles. The smallest absolute Gasteiger partial charge is 0.261 e. The lowest BCUT2D eigenvalue weighted by atomic mass is 9.85. The summed E-state index contributed by atoms with van der Waals surface area (Å²) in [6, 6.07) is 4.54. The highest BCUT2D eigenvalue weighted by Crippen LogP contribution is 2.28. The predicted octanol–water partition coefficient (Wildman–Crippen LogP) is 3.18. The van der Waals surface area contributed by atoms with Gasteiger partial charge in [-0.25, -0.2) is 8.42 Å². The zero-order chi connectivity index (χ0) is 15.6. The third-order valence-corrected chi connectivity index (χ3v) is 5.28. The van der Waals surface area contributed by atoms with Gasteiger partial charge in [0.05, 0.1) is 4.90 Å². The molecule has 21 heavy (non-hydrogen) atoms. The Morgan fingerprint density at radius 1 is 1.33 bits per heavy atom. The number of aryl methyl sites for hydroxylation is 1. The van der Waals surface area contributed by atoms with Crippen LogP contribution in [-0.4, -0.2) is 32.3 Å². The minimum Gasteiger partial charge on any atom is -0.339 e. The molecule has 0 N–H and O–H groups in total. The van der Waals surface area contributed by atoms with E-state index in [0.717, 1.165) is 6.54 Å². The monoisotopic (exact) mass is 329 g/mol. The van der Waals surface area contributed by atoms with Crippen molar-refractivity contribution >= 4 is 25.6 Å². The second-order valence-corrected chi connectivity index (χ2v) is 8.18. The van der Waals surface area contributed by atoms with E-state index in [1.54, 1.807) is 17.9 Å². The number of carbonyl (C=O) groups is 1. The van der Waals surface area contributed by atoms with Crippen molar-refractivity contribution in [2.45, 2.75) is 38.0 Å². The molecule has 1 aliphatic rings. The van der Waals surface area contributed by atoms with Gasteiger partial charge in [-0.2, -0.15) is 0 Å². The maximum atomic E-state index is 12.6. The van der Waals surface area contributed by atoms with E-state index in [1.807, 2.05) is 6.92 Å². The first-order chi connectivity index (χ1) is 9.81. The highest BCUT2D eigenvalue weighted by Gasteiger charge is 2.24. The van der Waals surface area contributed by atoms with Gasteiger partial charge < -0.3 is 4.90 Å². The molecule has 0 atom stereocenters. The van der Waals surface area contributed by atoms with Crippen LogP contribution in [0.25, 0.3) is 0 Å². The lowest BCUT2D eigenvalue weighted by molar-refractivity contribution is 0.0706. The van der Waals surface area contributed by atoms with Crippen LogP contribution in [0.4, 0.5) is 0 Å². The second kappa shape index (κ2) is 6.36. The SMILES string of the molecule is CCN(CC1CCC1)C(=O)c1cc(C)cc(S(=O)(=O)Cl)c1. The topological polar surface area (TPSA) is 54.5 Å². The van der Waals surface area contributed by atoms with Crippen molar-refractivity contribution in [1.82, 2.24) is 4.90 Å². The third kappa shape index (κ3) is 3.98. The van der Waals surface area contributed by atoms with Crippen molar-refractivity contribution in [2.24, 2.45) is 5.92 Å². The van der Waals surface area contributed by atoms with Crippen LogP contribution in [0.5, 0.6) is 0 Å². The van der Waals surface area contributed by atoms with E-state index in [9.17, 15) is 13.2 Å². The van der Waals surface area contributed by atoms with Crippen LogP contribution >= 0.6 is 10.7 Å². The van der Waals surface area contributed by atoms with Gasteiger partial charge in [0.1, 0.15) is 0 Å². The van der Waals surface area contributed by atoms with Crippen molar-refractivity contribution in [3.63, 3.8) is 0 Å². The Bertz CT molecular complexity index is 638. The molecule has 0 saturated heterocycles. The molecule has 4 nitrogen and oxygen atoms in total. The maximum absolute atomic E-state index is 12.6. The Morgan fingerprint density at radius 2 is 2.00 bits per heavy atom. The third-order valence-electron chi connectivity index (χ3n) is 3.95. The highest BCUT2D eigenvalue weighted by atomic mass is 35.7. The fraction of sp³-hybridized carbons (Fsp3) is 0.533. The fourth-order valence-electron chi connectivity index (χ4n) is 2.54. The van der Waals surface area contributed by atoms with Gasteiger partial charge in [-0.3, -0.25) is 4.79 Å². The van der Waals surface area contributed by atoms with E-state index in [4.69, 9.17) is 10.7 Å². The number of amides is 1. The van der Waals surface area contributed by atoms with Crippen LogP contribution in [0.2, 0.25) is 0 Å². The van der Waals surface area contributed by atoms with Gasteiger partial charge >= 0.3 is 0 Å². The van der Waals surface area contributed by atoms with Crippen molar-refractivity contribution in [3.05, 3.63) is 29.3 Å². The van der Waals surface area contributed by atoms with Gasteiger partial charge in [-0.15, -0.1) is 0 Å². The molecule has 1 aromatic carbocycles. The van der Waals surface area contributed by atoms with E-state index in [0.29, 0.717) is 23.6 Å². The van der Waals surface area contributed by atoms with Crippen LogP contribution in [0.15, 0.2) is 23.1 Å². The number of carbonyl (C=O) groups excluding carboxylic acids is 1. The molecule has 1 saturated carbocycles. The summed E-state index contributed by atoms with van der Waals surface area (Å²) in [5.41, 5.74) is 1.09. The van der Waals surface area contributed by atoms with Gasteiger partial charge in [-0.05, 0) is 56.4 Å².